The van der Waals surface area contributed by atoms with E-state index in [1.54, 1.807) is 0 Å². The summed E-state index contributed by atoms with van der Waals surface area (Å²) < 4.78 is 23.1. The molecule has 0 fully saturated rings. The number of carbonyl (C=O) groups is 1. The van der Waals surface area contributed by atoms with Gasteiger partial charge < -0.3 is 5.73 Å². The van der Waals surface area contributed by atoms with Crippen LogP contribution in [0.4, 0.5) is 0 Å². The Morgan fingerprint density at radius 2 is 1.86 bits per heavy atom. The van der Waals surface area contributed by atoms with Crippen molar-refractivity contribution in [3.63, 3.8) is 0 Å². The van der Waals surface area contributed by atoms with Crippen molar-refractivity contribution in [3.05, 3.63) is 0 Å². The van der Waals surface area contributed by atoms with Gasteiger partial charge in [-0.25, -0.2) is 8.42 Å². The Labute approximate surface area is 90.9 Å². The first-order valence-electron chi connectivity index (χ1n) is 3.99. The Kier molecular flexibility index (Phi) is 7.15. The lowest BCUT2D eigenvalue weighted by molar-refractivity contribution is -0.120. The number of hydrogen-bond donors (Lipinski definition) is 2. The topological polar surface area (TPSA) is 89.3 Å². The van der Waals surface area contributed by atoms with Crippen molar-refractivity contribution in [3.8, 4) is 0 Å². The molecule has 3 N–H and O–H groups in total. The number of rotatable bonds is 4. The average molecular weight is 245 g/mol. The normalized spacial score (nSPS) is 13.2. The van der Waals surface area contributed by atoms with Crippen LogP contribution >= 0.6 is 12.4 Å². The van der Waals surface area contributed by atoms with Crippen molar-refractivity contribution < 1.29 is 13.2 Å². The molecule has 0 saturated heterocycles. The van der Waals surface area contributed by atoms with Crippen molar-refractivity contribution in [1.29, 1.82) is 0 Å². The van der Waals surface area contributed by atoms with Crippen LogP contribution in [0.5, 0.6) is 0 Å². The largest absolute Gasteiger partial charge is 0.320 e. The molecule has 0 aromatic rings. The highest BCUT2D eigenvalue weighted by atomic mass is 35.5. The summed E-state index contributed by atoms with van der Waals surface area (Å²) in [5.41, 5.74) is 5.45. The smallest absolute Gasteiger partial charge is 0.250 e. The molecule has 0 aliphatic carbocycles. The Morgan fingerprint density at radius 3 is 2.14 bits per heavy atom. The fourth-order valence-electron chi connectivity index (χ4n) is 0.873. The van der Waals surface area contributed by atoms with Gasteiger partial charge in [-0.2, -0.15) is 0 Å². The maximum atomic E-state index is 11.1. The Morgan fingerprint density at radius 1 is 1.43 bits per heavy atom. The van der Waals surface area contributed by atoms with Crippen LogP contribution in [0.25, 0.3) is 0 Å². The minimum absolute atomic E-state index is 0. The average Bonchev–Trinajstić information content (AvgIpc) is 1.81. The standard InChI is InChI=1S/C7H16N2O3S.ClH/c1-5(2)4-6(8)7(10)9-13(3,11)12;/h5-6H,4,8H2,1-3H3,(H,9,10);1H. The number of carbonyl (C=O) groups excluding carboxylic acids is 1. The van der Waals surface area contributed by atoms with Gasteiger partial charge in [-0.15, -0.1) is 12.4 Å². The molecule has 14 heavy (non-hydrogen) atoms. The molecular formula is C7H17ClN2O3S. The van der Waals surface area contributed by atoms with Crippen LogP contribution in [0.3, 0.4) is 0 Å². The van der Waals surface area contributed by atoms with Gasteiger partial charge in [0.25, 0.3) is 0 Å². The van der Waals surface area contributed by atoms with Crippen LogP contribution < -0.4 is 10.5 Å². The first kappa shape index (κ1) is 16.1. The molecule has 1 amide bonds. The highest BCUT2D eigenvalue weighted by molar-refractivity contribution is 7.89. The maximum Gasteiger partial charge on any atom is 0.250 e. The van der Waals surface area contributed by atoms with Crippen LogP contribution in [-0.2, 0) is 14.8 Å². The van der Waals surface area contributed by atoms with Crippen molar-refractivity contribution in [2.45, 2.75) is 26.3 Å². The summed E-state index contributed by atoms with van der Waals surface area (Å²) >= 11 is 0. The van der Waals surface area contributed by atoms with E-state index in [0.717, 1.165) is 6.26 Å². The van der Waals surface area contributed by atoms with Crippen LogP contribution in [0.15, 0.2) is 0 Å². The van der Waals surface area contributed by atoms with E-state index in [1.165, 1.54) is 0 Å². The summed E-state index contributed by atoms with van der Waals surface area (Å²) in [5.74, 6) is -0.378. The summed E-state index contributed by atoms with van der Waals surface area (Å²) in [6.07, 6.45) is 1.40. The van der Waals surface area contributed by atoms with E-state index in [2.05, 4.69) is 0 Å². The molecule has 0 radical (unpaired) electrons. The molecule has 0 aliphatic rings. The van der Waals surface area contributed by atoms with E-state index < -0.39 is 22.0 Å². The molecule has 0 spiro atoms. The Balaban J connectivity index is 0. The number of hydrogen-bond acceptors (Lipinski definition) is 4. The molecule has 86 valence electrons. The second-order valence-electron chi connectivity index (χ2n) is 3.47. The van der Waals surface area contributed by atoms with E-state index in [9.17, 15) is 13.2 Å². The minimum atomic E-state index is -3.48. The molecule has 0 aromatic carbocycles. The summed E-state index contributed by atoms with van der Waals surface area (Å²) in [5, 5.41) is 0. The number of nitrogens with two attached hydrogens (primary N) is 1. The molecule has 1 unspecified atom stereocenters. The lowest BCUT2D eigenvalue weighted by Crippen LogP contribution is -2.43. The molecule has 0 aliphatic heterocycles. The number of halogens is 1. The number of sulfonamides is 1. The van der Waals surface area contributed by atoms with E-state index in [0.29, 0.717) is 6.42 Å². The van der Waals surface area contributed by atoms with Gasteiger partial charge in [0.05, 0.1) is 12.3 Å². The lowest BCUT2D eigenvalue weighted by Gasteiger charge is -2.12. The third-order valence-corrected chi connectivity index (χ3v) is 1.92. The van der Waals surface area contributed by atoms with E-state index in [4.69, 9.17) is 5.73 Å². The van der Waals surface area contributed by atoms with Crippen LogP contribution in [0, 0.1) is 5.92 Å². The van der Waals surface area contributed by atoms with Gasteiger partial charge >= 0.3 is 0 Å². The zero-order chi connectivity index (χ0) is 10.6. The van der Waals surface area contributed by atoms with Crippen molar-refractivity contribution in [2.75, 3.05) is 6.26 Å². The first-order valence-corrected chi connectivity index (χ1v) is 5.88. The van der Waals surface area contributed by atoms with E-state index >= 15 is 0 Å². The molecule has 0 bridgehead atoms. The number of amides is 1. The fraction of sp³-hybridized carbons (Fsp3) is 0.857. The highest BCUT2D eigenvalue weighted by Crippen LogP contribution is 2.02. The van der Waals surface area contributed by atoms with Gasteiger partial charge in [-0.1, -0.05) is 13.8 Å². The van der Waals surface area contributed by atoms with Crippen molar-refractivity contribution in [2.24, 2.45) is 11.7 Å². The van der Waals surface area contributed by atoms with Gasteiger partial charge in [-0.05, 0) is 12.3 Å². The summed E-state index contributed by atoms with van der Waals surface area (Å²) in [4.78, 5) is 11.1. The summed E-state index contributed by atoms with van der Waals surface area (Å²) in [6, 6.07) is -0.755. The van der Waals surface area contributed by atoms with Crippen molar-refractivity contribution in [1.82, 2.24) is 4.72 Å². The second kappa shape index (κ2) is 6.21. The predicted octanol–water partition coefficient (Wildman–Crippen LogP) is -0.143. The Bertz CT molecular complexity index is 277. The fourth-order valence-corrected chi connectivity index (χ4v) is 1.39. The molecule has 5 nitrogen and oxygen atoms in total. The van der Waals surface area contributed by atoms with Crippen LogP contribution in [0.1, 0.15) is 20.3 Å². The number of nitrogens with one attached hydrogen (secondary N) is 1. The highest BCUT2D eigenvalue weighted by Gasteiger charge is 2.17. The summed E-state index contributed by atoms with van der Waals surface area (Å²) in [7, 11) is -3.48. The van der Waals surface area contributed by atoms with Crippen LogP contribution in [0.2, 0.25) is 0 Å². The SMILES string of the molecule is CC(C)CC(N)C(=O)NS(C)(=O)=O.Cl. The molecule has 1 atom stereocenters. The first-order chi connectivity index (χ1) is 5.72. The van der Waals surface area contributed by atoms with Gasteiger partial charge in [0.2, 0.25) is 15.9 Å². The van der Waals surface area contributed by atoms with Crippen molar-refractivity contribution >= 4 is 28.3 Å². The molecular weight excluding hydrogens is 228 g/mol. The van der Waals surface area contributed by atoms with Gasteiger partial charge in [0.1, 0.15) is 0 Å². The quantitative estimate of drug-likeness (QED) is 0.720. The third-order valence-electron chi connectivity index (χ3n) is 1.35. The molecule has 0 heterocycles. The second-order valence-corrected chi connectivity index (χ2v) is 5.22. The maximum absolute atomic E-state index is 11.1. The van der Waals surface area contributed by atoms with Gasteiger partial charge in [-0.3, -0.25) is 9.52 Å². The molecule has 0 rings (SSSR count). The third kappa shape index (κ3) is 8.28. The predicted molar refractivity (Wildman–Crippen MR) is 57.7 cm³/mol. The molecule has 7 heteroatoms. The van der Waals surface area contributed by atoms with E-state index in [-0.39, 0.29) is 18.3 Å². The zero-order valence-electron chi connectivity index (χ0n) is 8.48. The van der Waals surface area contributed by atoms with Gasteiger partial charge in [0, 0.05) is 0 Å². The minimum Gasteiger partial charge on any atom is -0.320 e. The van der Waals surface area contributed by atoms with E-state index in [1.807, 2.05) is 18.6 Å². The molecule has 0 aromatic heterocycles. The zero-order valence-corrected chi connectivity index (χ0v) is 10.1. The van der Waals surface area contributed by atoms with Crippen LogP contribution in [-0.4, -0.2) is 26.6 Å². The van der Waals surface area contributed by atoms with Gasteiger partial charge in [0.15, 0.2) is 0 Å². The molecule has 0 saturated carbocycles. The lowest BCUT2D eigenvalue weighted by atomic mass is 10.0. The Hall–Kier alpha value is -0.330. The summed E-state index contributed by atoms with van der Waals surface area (Å²) in [6.45, 7) is 3.82. The monoisotopic (exact) mass is 244 g/mol.